The molecule has 1 aromatic rings. The van der Waals surface area contributed by atoms with Gasteiger partial charge in [-0.3, -0.25) is 4.79 Å². The fourth-order valence-corrected chi connectivity index (χ4v) is 1.68. The van der Waals surface area contributed by atoms with Crippen LogP contribution in [0.3, 0.4) is 0 Å². The Morgan fingerprint density at radius 2 is 2.12 bits per heavy atom. The van der Waals surface area contributed by atoms with Crippen LogP contribution in [0, 0.1) is 0 Å². The predicted molar refractivity (Wildman–Crippen MR) is 70.1 cm³/mol. The molecule has 4 heteroatoms. The third kappa shape index (κ3) is 3.12. The monoisotopic (exact) mass is 233 g/mol. The van der Waals surface area contributed by atoms with Gasteiger partial charge in [0.2, 0.25) is 0 Å². The molecule has 0 unspecified atom stereocenters. The molecule has 0 atom stereocenters. The summed E-state index contributed by atoms with van der Waals surface area (Å²) in [4.78, 5) is 12.0. The molecule has 4 N–H and O–H groups in total. The second kappa shape index (κ2) is 4.65. The summed E-state index contributed by atoms with van der Waals surface area (Å²) in [6.07, 6.45) is 2.17. The Balaban J connectivity index is 2.21. The fourth-order valence-electron chi connectivity index (χ4n) is 1.68. The minimum atomic E-state index is -0.0389. The molecule has 17 heavy (non-hydrogen) atoms. The van der Waals surface area contributed by atoms with Crippen LogP contribution in [-0.4, -0.2) is 18.0 Å². The van der Waals surface area contributed by atoms with Crippen LogP contribution in [0.4, 0.5) is 11.4 Å². The van der Waals surface area contributed by atoms with Crippen LogP contribution in [0.2, 0.25) is 0 Å². The average Bonchev–Trinajstić information content (AvgIpc) is 3.03. The van der Waals surface area contributed by atoms with Crippen LogP contribution in [0.5, 0.6) is 0 Å². The molecule has 4 nitrogen and oxygen atoms in total. The van der Waals surface area contributed by atoms with Gasteiger partial charge in [0.05, 0.1) is 5.56 Å². The number of anilines is 2. The van der Waals surface area contributed by atoms with Crippen LogP contribution in [0.1, 0.15) is 37.0 Å². The third-order valence-electron chi connectivity index (χ3n) is 2.64. The van der Waals surface area contributed by atoms with Crippen molar-refractivity contribution < 1.29 is 4.79 Å². The van der Waals surface area contributed by atoms with Gasteiger partial charge in [0.1, 0.15) is 0 Å². The number of nitrogen functional groups attached to an aromatic ring is 1. The average molecular weight is 233 g/mol. The van der Waals surface area contributed by atoms with E-state index in [9.17, 15) is 4.79 Å². The molecule has 1 aromatic carbocycles. The van der Waals surface area contributed by atoms with E-state index < -0.39 is 0 Å². The molecular formula is C13H19N3O. The Hall–Kier alpha value is -1.71. The van der Waals surface area contributed by atoms with Crippen molar-refractivity contribution in [2.45, 2.75) is 38.8 Å². The number of hydrogen-bond donors (Lipinski definition) is 3. The minimum absolute atomic E-state index is 0.0389. The van der Waals surface area contributed by atoms with Gasteiger partial charge in [-0.25, -0.2) is 0 Å². The quantitative estimate of drug-likeness (QED) is 0.697. The molecule has 0 aliphatic heterocycles. The Labute approximate surface area is 102 Å². The van der Waals surface area contributed by atoms with Crippen molar-refractivity contribution in [3.05, 3.63) is 23.8 Å². The topological polar surface area (TPSA) is 67.1 Å². The summed E-state index contributed by atoms with van der Waals surface area (Å²) in [6.45, 7) is 4.08. The summed E-state index contributed by atoms with van der Waals surface area (Å²) < 4.78 is 0. The maximum Gasteiger partial charge on any atom is 0.253 e. The molecule has 2 rings (SSSR count). The number of nitrogens with two attached hydrogens (primary N) is 1. The summed E-state index contributed by atoms with van der Waals surface area (Å²) >= 11 is 0. The first-order chi connectivity index (χ1) is 8.06. The highest BCUT2D eigenvalue weighted by Gasteiger charge is 2.25. The maximum absolute atomic E-state index is 12.0. The summed E-state index contributed by atoms with van der Waals surface area (Å²) in [5.74, 6) is -0.0389. The zero-order chi connectivity index (χ0) is 12.4. The molecular weight excluding hydrogens is 214 g/mol. The van der Waals surface area contributed by atoms with Crippen molar-refractivity contribution in [1.29, 1.82) is 0 Å². The molecule has 0 heterocycles. The van der Waals surface area contributed by atoms with Gasteiger partial charge in [-0.05, 0) is 44.9 Å². The first-order valence-corrected chi connectivity index (χ1v) is 6.03. The van der Waals surface area contributed by atoms with E-state index in [1.165, 1.54) is 0 Å². The SMILES string of the molecule is CC(C)Nc1ccc(N)cc1C(=O)NC1CC1. The molecule has 0 radical (unpaired) electrons. The Morgan fingerprint density at radius 3 is 2.71 bits per heavy atom. The van der Waals surface area contributed by atoms with Gasteiger partial charge in [0.25, 0.3) is 5.91 Å². The number of rotatable bonds is 4. The predicted octanol–water partition coefficient (Wildman–Crippen LogP) is 1.98. The first-order valence-electron chi connectivity index (χ1n) is 6.03. The summed E-state index contributed by atoms with van der Waals surface area (Å²) in [5.41, 5.74) is 7.82. The highest BCUT2D eigenvalue weighted by molar-refractivity contribution is 6.00. The fraction of sp³-hybridized carbons (Fsp3) is 0.462. The lowest BCUT2D eigenvalue weighted by Crippen LogP contribution is -2.27. The van der Waals surface area contributed by atoms with Crippen molar-refractivity contribution in [2.24, 2.45) is 0 Å². The molecule has 1 amide bonds. The van der Waals surface area contributed by atoms with Crippen LogP contribution in [0.15, 0.2) is 18.2 Å². The molecule has 0 aromatic heterocycles. The number of amides is 1. The number of carbonyl (C=O) groups is 1. The molecule has 0 saturated heterocycles. The number of nitrogens with one attached hydrogen (secondary N) is 2. The molecule has 1 fully saturated rings. The highest BCUT2D eigenvalue weighted by Crippen LogP contribution is 2.23. The van der Waals surface area contributed by atoms with E-state index in [1.54, 1.807) is 12.1 Å². The van der Waals surface area contributed by atoms with Crippen LogP contribution in [-0.2, 0) is 0 Å². The second-order valence-electron chi connectivity index (χ2n) is 4.85. The van der Waals surface area contributed by atoms with Crippen LogP contribution < -0.4 is 16.4 Å². The zero-order valence-electron chi connectivity index (χ0n) is 10.3. The van der Waals surface area contributed by atoms with Crippen molar-refractivity contribution in [2.75, 3.05) is 11.1 Å². The van der Waals surface area contributed by atoms with Gasteiger partial charge in [0.15, 0.2) is 0 Å². The molecule has 0 bridgehead atoms. The van der Waals surface area contributed by atoms with E-state index in [4.69, 9.17) is 5.73 Å². The lowest BCUT2D eigenvalue weighted by molar-refractivity contribution is 0.0952. The Bertz CT molecular complexity index is 425. The lowest BCUT2D eigenvalue weighted by atomic mass is 10.1. The van der Waals surface area contributed by atoms with E-state index in [0.29, 0.717) is 17.3 Å². The summed E-state index contributed by atoms with van der Waals surface area (Å²) in [5, 5.41) is 6.24. The molecule has 1 saturated carbocycles. The lowest BCUT2D eigenvalue weighted by Gasteiger charge is -2.15. The largest absolute Gasteiger partial charge is 0.399 e. The van der Waals surface area contributed by atoms with Crippen molar-refractivity contribution in [1.82, 2.24) is 5.32 Å². The normalized spacial score (nSPS) is 14.8. The van der Waals surface area contributed by atoms with Crippen molar-refractivity contribution in [3.63, 3.8) is 0 Å². The molecule has 92 valence electrons. The molecule has 1 aliphatic rings. The van der Waals surface area contributed by atoms with E-state index in [0.717, 1.165) is 18.5 Å². The Kier molecular flexibility index (Phi) is 3.22. The van der Waals surface area contributed by atoms with Crippen LogP contribution >= 0.6 is 0 Å². The van der Waals surface area contributed by atoms with Gasteiger partial charge in [0, 0.05) is 23.5 Å². The summed E-state index contributed by atoms with van der Waals surface area (Å²) in [6, 6.07) is 6.03. The minimum Gasteiger partial charge on any atom is -0.399 e. The first kappa shape index (κ1) is 11.8. The van der Waals surface area contributed by atoms with E-state index >= 15 is 0 Å². The van der Waals surface area contributed by atoms with Gasteiger partial charge >= 0.3 is 0 Å². The molecule has 1 aliphatic carbocycles. The Morgan fingerprint density at radius 1 is 1.41 bits per heavy atom. The van der Waals surface area contributed by atoms with E-state index in [2.05, 4.69) is 10.6 Å². The van der Waals surface area contributed by atoms with Gasteiger partial charge in [-0.15, -0.1) is 0 Å². The highest BCUT2D eigenvalue weighted by atomic mass is 16.1. The third-order valence-corrected chi connectivity index (χ3v) is 2.64. The van der Waals surface area contributed by atoms with Gasteiger partial charge in [-0.1, -0.05) is 0 Å². The van der Waals surface area contributed by atoms with Gasteiger partial charge in [-0.2, -0.15) is 0 Å². The molecule has 0 spiro atoms. The number of benzene rings is 1. The smallest absolute Gasteiger partial charge is 0.253 e. The standard InChI is InChI=1S/C13H19N3O/c1-8(2)15-12-6-3-9(14)7-11(12)13(17)16-10-4-5-10/h3,6-8,10,15H,4-5,14H2,1-2H3,(H,16,17). The van der Waals surface area contributed by atoms with E-state index in [-0.39, 0.29) is 11.9 Å². The summed E-state index contributed by atoms with van der Waals surface area (Å²) in [7, 11) is 0. The van der Waals surface area contributed by atoms with Crippen molar-refractivity contribution >= 4 is 17.3 Å². The number of hydrogen-bond acceptors (Lipinski definition) is 3. The van der Waals surface area contributed by atoms with Crippen LogP contribution in [0.25, 0.3) is 0 Å². The maximum atomic E-state index is 12.0. The van der Waals surface area contributed by atoms with Crippen molar-refractivity contribution in [3.8, 4) is 0 Å². The number of carbonyl (C=O) groups excluding carboxylic acids is 1. The van der Waals surface area contributed by atoms with Gasteiger partial charge < -0.3 is 16.4 Å². The van der Waals surface area contributed by atoms with E-state index in [1.807, 2.05) is 19.9 Å². The second-order valence-corrected chi connectivity index (χ2v) is 4.85. The zero-order valence-corrected chi connectivity index (χ0v) is 10.3.